The lowest BCUT2D eigenvalue weighted by molar-refractivity contribution is 0.414. The highest BCUT2D eigenvalue weighted by Crippen LogP contribution is 2.19. The molecule has 0 N–H and O–H groups in total. The van der Waals surface area contributed by atoms with Crippen LogP contribution in [0.4, 0.5) is 0 Å². The molecule has 0 aliphatic rings. The van der Waals surface area contributed by atoms with Gasteiger partial charge in [-0.3, -0.25) is 0 Å². The summed E-state index contributed by atoms with van der Waals surface area (Å²) in [6.07, 6.45) is 1.60. The van der Waals surface area contributed by atoms with Gasteiger partial charge in [0.25, 0.3) is 0 Å². The molecule has 0 aliphatic carbocycles. The maximum Gasteiger partial charge on any atom is 0.144 e. The van der Waals surface area contributed by atoms with Crippen LogP contribution < -0.4 is 4.74 Å². The van der Waals surface area contributed by atoms with Gasteiger partial charge in [0.05, 0.1) is 13.3 Å². The maximum absolute atomic E-state index is 11.7. The third kappa shape index (κ3) is 3.54. The molecule has 4 heteroatoms. The van der Waals surface area contributed by atoms with Gasteiger partial charge in [-0.1, -0.05) is 16.5 Å². The van der Waals surface area contributed by atoms with Crippen molar-refractivity contribution in [3.05, 3.63) is 29.8 Å². The van der Waals surface area contributed by atoms with Crippen LogP contribution in [0.2, 0.25) is 0 Å². The lowest BCUT2D eigenvalue weighted by Gasteiger charge is -2.17. The van der Waals surface area contributed by atoms with Gasteiger partial charge in [0.15, 0.2) is 0 Å². The van der Waals surface area contributed by atoms with Crippen molar-refractivity contribution in [2.24, 2.45) is 4.40 Å². The van der Waals surface area contributed by atoms with Gasteiger partial charge in [0.1, 0.15) is 21.9 Å². The second-order valence-corrected chi connectivity index (χ2v) is 6.27. The highest BCUT2D eigenvalue weighted by atomic mass is 32.2. The number of ether oxygens (including phenoxy) is 1. The summed E-state index contributed by atoms with van der Waals surface area (Å²) < 4.78 is 20.6. The average molecular weight is 239 g/mol. The topological polar surface area (TPSA) is 44.6 Å². The van der Waals surface area contributed by atoms with Crippen LogP contribution in [-0.4, -0.2) is 22.6 Å². The summed E-state index contributed by atoms with van der Waals surface area (Å²) in [5.74, 6) is 0.733. The van der Waals surface area contributed by atoms with Gasteiger partial charge in [0, 0.05) is 5.56 Å². The summed E-state index contributed by atoms with van der Waals surface area (Å²) >= 11 is -1.23. The fraction of sp³-hybridized carbons (Fsp3) is 0.417. The molecule has 0 aromatic heterocycles. The molecule has 1 rings (SSSR count). The highest BCUT2D eigenvalue weighted by molar-refractivity contribution is 7.91. The minimum atomic E-state index is -1.23. The standard InChI is InChI=1S/C12H17NO2S/c1-12(2,3)16(14)13-9-10-7-5-6-8-11(10)15-4/h5-9H,1-4H3/b13-9-. The minimum absolute atomic E-state index is 0.335. The van der Waals surface area contributed by atoms with Gasteiger partial charge in [-0.25, -0.2) is 0 Å². The predicted octanol–water partition coefficient (Wildman–Crippen LogP) is 2.58. The molecule has 1 aromatic rings. The molecule has 1 aromatic carbocycles. The molecular weight excluding hydrogens is 222 g/mol. The maximum atomic E-state index is 11.7. The van der Waals surface area contributed by atoms with Crippen LogP contribution in [0.15, 0.2) is 28.7 Å². The number of para-hydroxylation sites is 1. The van der Waals surface area contributed by atoms with Crippen molar-refractivity contribution >= 4 is 17.6 Å². The van der Waals surface area contributed by atoms with Gasteiger partial charge < -0.3 is 9.29 Å². The SMILES string of the molecule is COc1ccccc1/C=N\[S+]([O-])C(C)(C)C. The van der Waals surface area contributed by atoms with E-state index in [0.29, 0.717) is 0 Å². The number of hydrogen-bond acceptors (Lipinski definition) is 3. The molecule has 0 saturated carbocycles. The van der Waals surface area contributed by atoms with E-state index in [1.54, 1.807) is 13.3 Å². The summed E-state index contributed by atoms with van der Waals surface area (Å²) in [4.78, 5) is 0. The Labute approximate surface area is 99.9 Å². The van der Waals surface area contributed by atoms with E-state index in [1.165, 1.54) is 0 Å². The van der Waals surface area contributed by atoms with Gasteiger partial charge >= 0.3 is 0 Å². The highest BCUT2D eigenvalue weighted by Gasteiger charge is 2.25. The largest absolute Gasteiger partial charge is 0.591 e. The predicted molar refractivity (Wildman–Crippen MR) is 68.5 cm³/mol. The summed E-state index contributed by atoms with van der Waals surface area (Å²) in [6.45, 7) is 5.67. The summed E-state index contributed by atoms with van der Waals surface area (Å²) in [5.41, 5.74) is 0.836. The zero-order valence-corrected chi connectivity index (χ0v) is 10.9. The van der Waals surface area contributed by atoms with E-state index in [9.17, 15) is 4.55 Å². The lowest BCUT2D eigenvalue weighted by Crippen LogP contribution is -2.25. The van der Waals surface area contributed by atoms with Crippen molar-refractivity contribution in [1.82, 2.24) is 0 Å². The Morgan fingerprint density at radius 1 is 1.31 bits per heavy atom. The third-order valence-corrected chi connectivity index (χ3v) is 3.29. The molecule has 0 heterocycles. The fourth-order valence-corrected chi connectivity index (χ4v) is 1.56. The van der Waals surface area contributed by atoms with Crippen LogP contribution in [0.1, 0.15) is 26.3 Å². The van der Waals surface area contributed by atoms with Crippen LogP contribution >= 0.6 is 0 Å². The first-order valence-corrected chi connectivity index (χ1v) is 6.15. The molecule has 0 aliphatic heterocycles. The number of methoxy groups -OCH3 is 1. The minimum Gasteiger partial charge on any atom is -0.591 e. The van der Waals surface area contributed by atoms with E-state index in [0.717, 1.165) is 11.3 Å². The van der Waals surface area contributed by atoms with Crippen molar-refractivity contribution < 1.29 is 9.29 Å². The van der Waals surface area contributed by atoms with E-state index < -0.39 is 11.4 Å². The van der Waals surface area contributed by atoms with Crippen molar-refractivity contribution in [1.29, 1.82) is 0 Å². The smallest absolute Gasteiger partial charge is 0.144 e. The first kappa shape index (κ1) is 13.1. The van der Waals surface area contributed by atoms with E-state index in [-0.39, 0.29) is 4.75 Å². The van der Waals surface area contributed by atoms with Crippen LogP contribution in [0.5, 0.6) is 5.75 Å². The normalized spacial score (nSPS) is 14.1. The van der Waals surface area contributed by atoms with Crippen LogP contribution in [-0.2, 0) is 11.4 Å². The number of rotatable bonds is 3. The zero-order valence-electron chi connectivity index (χ0n) is 10.1. The Hall–Kier alpha value is -1.00. The fourth-order valence-electron chi connectivity index (χ4n) is 1.04. The van der Waals surface area contributed by atoms with E-state index >= 15 is 0 Å². The Balaban J connectivity index is 2.84. The second kappa shape index (κ2) is 5.37. The Bertz CT molecular complexity index is 372. The summed E-state index contributed by atoms with van der Waals surface area (Å²) in [5, 5.41) is 0. The molecular formula is C12H17NO2S. The zero-order chi connectivity index (χ0) is 12.2. The third-order valence-electron chi connectivity index (χ3n) is 1.95. The molecule has 1 unspecified atom stereocenters. The van der Waals surface area contributed by atoms with Crippen LogP contribution in [0.25, 0.3) is 0 Å². The number of nitrogens with zero attached hydrogens (tertiary/aromatic N) is 1. The Morgan fingerprint density at radius 2 is 1.94 bits per heavy atom. The van der Waals surface area contributed by atoms with Gasteiger partial charge in [0.2, 0.25) is 0 Å². The molecule has 0 amide bonds. The molecule has 3 nitrogen and oxygen atoms in total. The second-order valence-electron chi connectivity index (χ2n) is 4.34. The first-order chi connectivity index (χ1) is 7.45. The summed E-state index contributed by atoms with van der Waals surface area (Å²) in [6, 6.07) is 7.50. The molecule has 0 saturated heterocycles. The molecule has 0 radical (unpaired) electrons. The monoisotopic (exact) mass is 239 g/mol. The van der Waals surface area contributed by atoms with E-state index in [1.807, 2.05) is 45.0 Å². The van der Waals surface area contributed by atoms with Gasteiger partial charge in [-0.05, 0) is 32.9 Å². The Kier molecular flexibility index (Phi) is 4.38. The molecule has 0 fully saturated rings. The molecule has 16 heavy (non-hydrogen) atoms. The number of benzene rings is 1. The Morgan fingerprint density at radius 3 is 2.50 bits per heavy atom. The van der Waals surface area contributed by atoms with Crippen molar-refractivity contribution in [3.8, 4) is 5.75 Å². The molecule has 0 bridgehead atoms. The van der Waals surface area contributed by atoms with Crippen molar-refractivity contribution in [3.63, 3.8) is 0 Å². The molecule has 1 atom stereocenters. The van der Waals surface area contributed by atoms with Crippen molar-refractivity contribution in [2.75, 3.05) is 7.11 Å². The lowest BCUT2D eigenvalue weighted by atomic mass is 10.2. The average Bonchev–Trinajstić information content (AvgIpc) is 2.24. The van der Waals surface area contributed by atoms with E-state index in [4.69, 9.17) is 4.74 Å². The van der Waals surface area contributed by atoms with Gasteiger partial charge in [-0.2, -0.15) is 0 Å². The molecule has 0 spiro atoms. The number of hydrogen-bond donors (Lipinski definition) is 0. The van der Waals surface area contributed by atoms with Gasteiger partial charge in [-0.15, -0.1) is 0 Å². The van der Waals surface area contributed by atoms with E-state index in [2.05, 4.69) is 4.40 Å². The quantitative estimate of drug-likeness (QED) is 0.601. The first-order valence-electron chi connectivity index (χ1n) is 5.04. The van der Waals surface area contributed by atoms with Crippen molar-refractivity contribution in [2.45, 2.75) is 25.5 Å². The summed E-state index contributed by atoms with van der Waals surface area (Å²) in [7, 11) is 1.60. The van der Waals surface area contributed by atoms with Crippen LogP contribution in [0, 0.1) is 0 Å². The van der Waals surface area contributed by atoms with Crippen LogP contribution in [0.3, 0.4) is 0 Å². The molecule has 88 valence electrons.